The van der Waals surface area contributed by atoms with E-state index in [2.05, 4.69) is 0 Å². The predicted molar refractivity (Wildman–Crippen MR) is 60.9 cm³/mol. The molecule has 0 saturated carbocycles. The molecule has 0 amide bonds. The fourth-order valence-corrected chi connectivity index (χ4v) is 1.41. The maximum absolute atomic E-state index is 13.5. The molecule has 0 aliphatic carbocycles. The van der Waals surface area contributed by atoms with Gasteiger partial charge in [0, 0.05) is 18.4 Å². The van der Waals surface area contributed by atoms with Crippen LogP contribution in [0.2, 0.25) is 0 Å². The molecule has 0 aliphatic rings. The van der Waals surface area contributed by atoms with Gasteiger partial charge in [-0.2, -0.15) is 5.26 Å². The minimum atomic E-state index is -2.95. The number of ether oxygens (including phenoxy) is 1. The van der Waals surface area contributed by atoms with Crippen LogP contribution in [0.4, 0.5) is 8.78 Å². The molecule has 0 fully saturated rings. The lowest BCUT2D eigenvalue weighted by Crippen LogP contribution is -2.13. The third kappa shape index (κ3) is 4.03. The Labute approximate surface area is 99.8 Å². The normalized spacial score (nSPS) is 11.3. The number of hydrogen-bond acceptors (Lipinski definition) is 2. The average molecular weight is 239 g/mol. The summed E-state index contributed by atoms with van der Waals surface area (Å²) in [6, 6.07) is 7.46. The Morgan fingerprint density at radius 3 is 2.35 bits per heavy atom. The predicted octanol–water partition coefficient (Wildman–Crippen LogP) is 3.87. The minimum absolute atomic E-state index is 0.0138. The van der Waals surface area contributed by atoms with Crippen molar-refractivity contribution < 1.29 is 13.5 Å². The van der Waals surface area contributed by atoms with Gasteiger partial charge in [-0.15, -0.1) is 0 Å². The highest BCUT2D eigenvalue weighted by Gasteiger charge is 2.30. The molecule has 17 heavy (non-hydrogen) atoms. The Kier molecular flexibility index (Phi) is 4.45. The molecule has 0 unspecified atom stereocenters. The van der Waals surface area contributed by atoms with E-state index < -0.39 is 12.3 Å². The molecular weight excluding hydrogens is 224 g/mol. The number of rotatable bonds is 5. The number of nitriles is 1. The van der Waals surface area contributed by atoms with Gasteiger partial charge in [0.1, 0.15) is 5.75 Å². The van der Waals surface area contributed by atoms with Crippen LogP contribution in [0.25, 0.3) is 0 Å². The summed E-state index contributed by atoms with van der Waals surface area (Å²) in [4.78, 5) is 0. The molecule has 0 heterocycles. The zero-order chi connectivity index (χ0) is 12.9. The van der Waals surface area contributed by atoms with Crippen LogP contribution >= 0.6 is 0 Å². The Hall–Kier alpha value is -1.63. The van der Waals surface area contributed by atoms with Crippen LogP contribution in [0, 0.1) is 11.3 Å². The Bertz CT molecular complexity index is 393. The van der Waals surface area contributed by atoms with E-state index >= 15 is 0 Å². The molecule has 1 rings (SSSR count). The maximum atomic E-state index is 13.5. The van der Waals surface area contributed by atoms with E-state index in [1.54, 1.807) is 6.07 Å². The monoisotopic (exact) mass is 239 g/mol. The number of nitrogens with zero attached hydrogens (tertiary/aromatic N) is 1. The fourth-order valence-electron chi connectivity index (χ4n) is 1.41. The third-order valence-electron chi connectivity index (χ3n) is 2.20. The van der Waals surface area contributed by atoms with Crippen molar-refractivity contribution in [2.45, 2.75) is 38.7 Å². The second-order valence-corrected chi connectivity index (χ2v) is 4.05. The summed E-state index contributed by atoms with van der Waals surface area (Å²) in [5.74, 6) is -2.38. The standard InChI is InChI=1S/C13H15F2NO/c1-10(2)17-12-6-4-11(5-7-12)13(14,15)8-3-9-16/h4-7,10H,3,8H2,1-2H3. The van der Waals surface area contributed by atoms with Gasteiger partial charge < -0.3 is 4.74 Å². The molecule has 1 aromatic rings. The number of hydrogen-bond donors (Lipinski definition) is 0. The lowest BCUT2D eigenvalue weighted by atomic mass is 10.0. The quantitative estimate of drug-likeness (QED) is 0.781. The molecular formula is C13H15F2NO. The largest absolute Gasteiger partial charge is 0.491 e. The Morgan fingerprint density at radius 2 is 1.88 bits per heavy atom. The second kappa shape index (κ2) is 5.62. The molecule has 4 heteroatoms. The van der Waals surface area contributed by atoms with Crippen molar-refractivity contribution in [2.75, 3.05) is 0 Å². The van der Waals surface area contributed by atoms with Gasteiger partial charge in [-0.3, -0.25) is 0 Å². The van der Waals surface area contributed by atoms with Crippen LogP contribution in [0.5, 0.6) is 5.75 Å². The molecule has 92 valence electrons. The topological polar surface area (TPSA) is 33.0 Å². The van der Waals surface area contributed by atoms with Gasteiger partial charge in [-0.25, -0.2) is 8.78 Å². The van der Waals surface area contributed by atoms with Crippen molar-refractivity contribution in [2.24, 2.45) is 0 Å². The summed E-state index contributed by atoms with van der Waals surface area (Å²) < 4.78 is 32.5. The van der Waals surface area contributed by atoms with Crippen molar-refractivity contribution in [1.82, 2.24) is 0 Å². The zero-order valence-electron chi connectivity index (χ0n) is 9.91. The highest BCUT2D eigenvalue weighted by Crippen LogP contribution is 2.33. The van der Waals surface area contributed by atoms with E-state index in [0.717, 1.165) is 0 Å². The number of benzene rings is 1. The highest BCUT2D eigenvalue weighted by atomic mass is 19.3. The molecule has 0 aliphatic heterocycles. The molecule has 0 bridgehead atoms. The molecule has 1 aromatic carbocycles. The van der Waals surface area contributed by atoms with Crippen molar-refractivity contribution >= 4 is 0 Å². The van der Waals surface area contributed by atoms with Gasteiger partial charge in [-0.05, 0) is 38.1 Å². The molecule has 0 radical (unpaired) electrons. The minimum Gasteiger partial charge on any atom is -0.491 e. The second-order valence-electron chi connectivity index (χ2n) is 4.05. The summed E-state index contributed by atoms with van der Waals surface area (Å²) in [5, 5.41) is 8.32. The Balaban J connectivity index is 2.76. The van der Waals surface area contributed by atoms with Crippen molar-refractivity contribution in [3.05, 3.63) is 29.8 Å². The van der Waals surface area contributed by atoms with E-state index in [4.69, 9.17) is 10.00 Å². The summed E-state index contributed by atoms with van der Waals surface area (Å²) >= 11 is 0. The van der Waals surface area contributed by atoms with Crippen LogP contribution in [0.15, 0.2) is 24.3 Å². The molecule has 0 spiro atoms. The van der Waals surface area contributed by atoms with Crippen molar-refractivity contribution in [3.8, 4) is 11.8 Å². The summed E-state index contributed by atoms with van der Waals surface area (Å²) in [6.07, 6.45) is -0.592. The van der Waals surface area contributed by atoms with Gasteiger partial charge in [0.15, 0.2) is 0 Å². The van der Waals surface area contributed by atoms with Gasteiger partial charge in [0.2, 0.25) is 0 Å². The number of alkyl halides is 2. The van der Waals surface area contributed by atoms with Crippen LogP contribution in [0.1, 0.15) is 32.3 Å². The van der Waals surface area contributed by atoms with Crippen molar-refractivity contribution in [1.29, 1.82) is 5.26 Å². The van der Waals surface area contributed by atoms with Crippen LogP contribution in [-0.2, 0) is 5.92 Å². The van der Waals surface area contributed by atoms with E-state index in [9.17, 15) is 8.78 Å². The van der Waals surface area contributed by atoms with Crippen LogP contribution in [-0.4, -0.2) is 6.10 Å². The van der Waals surface area contributed by atoms with Gasteiger partial charge >= 0.3 is 0 Å². The fraction of sp³-hybridized carbons (Fsp3) is 0.462. The van der Waals surface area contributed by atoms with E-state index in [0.29, 0.717) is 5.75 Å². The Morgan fingerprint density at radius 1 is 1.29 bits per heavy atom. The maximum Gasteiger partial charge on any atom is 0.274 e. The first kappa shape index (κ1) is 13.4. The SMILES string of the molecule is CC(C)Oc1ccc(C(F)(F)CCC#N)cc1. The lowest BCUT2D eigenvalue weighted by molar-refractivity contribution is -0.0120. The van der Waals surface area contributed by atoms with Gasteiger partial charge in [-0.1, -0.05) is 0 Å². The van der Waals surface area contributed by atoms with Crippen LogP contribution in [0.3, 0.4) is 0 Å². The number of halogens is 2. The molecule has 0 saturated heterocycles. The molecule has 0 atom stereocenters. The van der Waals surface area contributed by atoms with E-state index in [1.165, 1.54) is 24.3 Å². The summed E-state index contributed by atoms with van der Waals surface area (Å²) in [7, 11) is 0. The third-order valence-corrected chi connectivity index (χ3v) is 2.20. The van der Waals surface area contributed by atoms with Crippen LogP contribution < -0.4 is 4.74 Å². The zero-order valence-corrected chi connectivity index (χ0v) is 9.91. The van der Waals surface area contributed by atoms with Gasteiger partial charge in [0.25, 0.3) is 5.92 Å². The smallest absolute Gasteiger partial charge is 0.274 e. The first-order chi connectivity index (χ1) is 7.95. The first-order valence-electron chi connectivity index (χ1n) is 5.47. The first-order valence-corrected chi connectivity index (χ1v) is 5.47. The average Bonchev–Trinajstić information content (AvgIpc) is 2.26. The summed E-state index contributed by atoms with van der Waals surface area (Å²) in [5.41, 5.74) is -0.0798. The summed E-state index contributed by atoms with van der Waals surface area (Å²) in [6.45, 7) is 3.74. The van der Waals surface area contributed by atoms with Crippen molar-refractivity contribution in [3.63, 3.8) is 0 Å². The van der Waals surface area contributed by atoms with Gasteiger partial charge in [0.05, 0.1) is 12.2 Å². The molecule has 0 N–H and O–H groups in total. The molecule has 0 aromatic heterocycles. The molecule has 2 nitrogen and oxygen atoms in total. The highest BCUT2D eigenvalue weighted by molar-refractivity contribution is 5.30. The lowest BCUT2D eigenvalue weighted by Gasteiger charge is -2.16. The van der Waals surface area contributed by atoms with E-state index in [-0.39, 0.29) is 18.1 Å². The van der Waals surface area contributed by atoms with E-state index in [1.807, 2.05) is 13.8 Å².